The van der Waals surface area contributed by atoms with Gasteiger partial charge < -0.3 is 14.2 Å². The molecule has 0 aliphatic carbocycles. The Morgan fingerprint density at radius 3 is 2.54 bits per heavy atom. The summed E-state index contributed by atoms with van der Waals surface area (Å²) in [7, 11) is 0. The molecule has 0 aromatic heterocycles. The number of rotatable bonds is 9. The lowest BCUT2D eigenvalue weighted by Gasteiger charge is -2.09. The van der Waals surface area contributed by atoms with Crippen molar-refractivity contribution in [3.63, 3.8) is 0 Å². The first kappa shape index (κ1) is 17.5. The highest BCUT2D eigenvalue weighted by Crippen LogP contribution is 2.22. The molecule has 4 heteroatoms. The van der Waals surface area contributed by atoms with E-state index in [-0.39, 0.29) is 18.8 Å². The Labute approximate surface area is 142 Å². The van der Waals surface area contributed by atoms with Crippen LogP contribution in [0, 0.1) is 0 Å². The van der Waals surface area contributed by atoms with E-state index in [1.165, 1.54) is 0 Å². The van der Waals surface area contributed by atoms with Gasteiger partial charge in [-0.25, -0.2) is 4.79 Å². The van der Waals surface area contributed by atoms with E-state index < -0.39 is 5.97 Å². The number of hydrogen-bond donors (Lipinski definition) is 0. The molecule has 4 nitrogen and oxygen atoms in total. The molecule has 0 saturated heterocycles. The topological polar surface area (TPSA) is 44.8 Å². The Morgan fingerprint density at radius 1 is 1.04 bits per heavy atom. The average Bonchev–Trinajstić information content (AvgIpc) is 2.61. The molecule has 0 bridgehead atoms. The quantitative estimate of drug-likeness (QED) is 0.299. The summed E-state index contributed by atoms with van der Waals surface area (Å²) < 4.78 is 16.1. The summed E-state index contributed by atoms with van der Waals surface area (Å²) in [6.07, 6.45) is 1.61. The molecule has 2 rings (SSSR count). The summed E-state index contributed by atoms with van der Waals surface area (Å²) >= 11 is 0. The number of ether oxygens (including phenoxy) is 3. The zero-order valence-electron chi connectivity index (χ0n) is 13.4. The van der Waals surface area contributed by atoms with Gasteiger partial charge in [-0.1, -0.05) is 43.0 Å². The van der Waals surface area contributed by atoms with E-state index in [4.69, 9.17) is 14.2 Å². The zero-order valence-corrected chi connectivity index (χ0v) is 13.4. The number of hydrogen-bond acceptors (Lipinski definition) is 4. The lowest BCUT2D eigenvalue weighted by atomic mass is 10.2. The average molecular weight is 324 g/mol. The van der Waals surface area contributed by atoms with Crippen LogP contribution in [-0.4, -0.2) is 19.2 Å². The van der Waals surface area contributed by atoms with E-state index in [9.17, 15) is 4.79 Å². The lowest BCUT2D eigenvalue weighted by molar-refractivity contribution is -0.140. The fraction of sp³-hybridized carbons (Fsp3) is 0.150. The second-order valence-electron chi connectivity index (χ2n) is 5.05. The minimum absolute atomic E-state index is 0.127. The molecule has 2 aromatic carbocycles. The minimum Gasteiger partial charge on any atom is -0.457 e. The molecule has 0 N–H and O–H groups in total. The number of benzene rings is 2. The predicted molar refractivity (Wildman–Crippen MR) is 92.9 cm³/mol. The number of carbonyl (C=O) groups excluding carboxylic acids is 1. The smallest absolute Gasteiger partial charge is 0.336 e. The van der Waals surface area contributed by atoms with Crippen molar-refractivity contribution in [1.29, 1.82) is 0 Å². The standard InChI is InChI=1S/C20H20O4/c1-3-12-22-14-16(2)20(21)23-15-17-8-7-11-19(13-17)24-18-9-5-4-6-10-18/h3-11,13H,1-2,12,14-15H2. The molecule has 0 atom stereocenters. The maximum Gasteiger partial charge on any atom is 0.336 e. The summed E-state index contributed by atoms with van der Waals surface area (Å²) in [6.45, 7) is 7.82. The maximum absolute atomic E-state index is 11.8. The Bertz CT molecular complexity index is 692. The van der Waals surface area contributed by atoms with Crippen LogP contribution >= 0.6 is 0 Å². The van der Waals surface area contributed by atoms with Gasteiger partial charge in [0.2, 0.25) is 0 Å². The van der Waals surface area contributed by atoms with Crippen molar-refractivity contribution in [2.45, 2.75) is 6.61 Å². The first-order valence-corrected chi connectivity index (χ1v) is 7.54. The SMILES string of the molecule is C=CCOCC(=C)C(=O)OCc1cccc(Oc2ccccc2)c1. The van der Waals surface area contributed by atoms with Gasteiger partial charge in [-0.15, -0.1) is 6.58 Å². The van der Waals surface area contributed by atoms with E-state index in [0.29, 0.717) is 12.4 Å². The van der Waals surface area contributed by atoms with Crippen LogP contribution in [-0.2, 0) is 20.9 Å². The van der Waals surface area contributed by atoms with Gasteiger partial charge >= 0.3 is 5.97 Å². The van der Waals surface area contributed by atoms with Crippen molar-refractivity contribution in [3.05, 3.63) is 85.0 Å². The summed E-state index contributed by atoms with van der Waals surface area (Å²) in [5.41, 5.74) is 1.10. The Morgan fingerprint density at radius 2 is 1.79 bits per heavy atom. The van der Waals surface area contributed by atoms with Gasteiger partial charge in [-0.05, 0) is 29.8 Å². The maximum atomic E-state index is 11.8. The highest BCUT2D eigenvalue weighted by Gasteiger charge is 2.09. The van der Waals surface area contributed by atoms with Crippen LogP contribution in [0.1, 0.15) is 5.56 Å². The molecule has 0 fully saturated rings. The second-order valence-corrected chi connectivity index (χ2v) is 5.05. The van der Waals surface area contributed by atoms with Crippen molar-refractivity contribution in [2.75, 3.05) is 13.2 Å². The van der Waals surface area contributed by atoms with Crippen molar-refractivity contribution in [1.82, 2.24) is 0 Å². The molecular weight excluding hydrogens is 304 g/mol. The van der Waals surface area contributed by atoms with E-state index >= 15 is 0 Å². The third kappa shape index (κ3) is 5.74. The van der Waals surface area contributed by atoms with Gasteiger partial charge in [0.25, 0.3) is 0 Å². The molecule has 0 spiro atoms. The largest absolute Gasteiger partial charge is 0.457 e. The summed E-state index contributed by atoms with van der Waals surface area (Å²) in [5.74, 6) is 0.954. The van der Waals surface area contributed by atoms with Crippen molar-refractivity contribution in [3.8, 4) is 11.5 Å². The van der Waals surface area contributed by atoms with Gasteiger partial charge in [0, 0.05) is 0 Å². The first-order valence-electron chi connectivity index (χ1n) is 7.54. The van der Waals surface area contributed by atoms with E-state index in [1.807, 2.05) is 54.6 Å². The molecule has 24 heavy (non-hydrogen) atoms. The van der Waals surface area contributed by atoms with Crippen LogP contribution in [0.15, 0.2) is 79.4 Å². The minimum atomic E-state index is -0.478. The highest BCUT2D eigenvalue weighted by atomic mass is 16.5. The molecular formula is C20H20O4. The Balaban J connectivity index is 1.86. The molecule has 0 heterocycles. The summed E-state index contributed by atoms with van der Waals surface area (Å²) in [6, 6.07) is 16.9. The molecule has 0 aliphatic heterocycles. The normalized spacial score (nSPS) is 10.0. The monoisotopic (exact) mass is 324 g/mol. The van der Waals surface area contributed by atoms with Crippen LogP contribution in [0.3, 0.4) is 0 Å². The van der Waals surface area contributed by atoms with Crippen LogP contribution < -0.4 is 4.74 Å². The summed E-state index contributed by atoms with van der Waals surface area (Å²) in [5, 5.41) is 0. The van der Waals surface area contributed by atoms with Crippen LogP contribution in [0.4, 0.5) is 0 Å². The van der Waals surface area contributed by atoms with Crippen molar-refractivity contribution >= 4 is 5.97 Å². The number of esters is 1. The third-order valence-electron chi connectivity index (χ3n) is 3.05. The first-order chi connectivity index (χ1) is 11.7. The van der Waals surface area contributed by atoms with Gasteiger partial charge in [0.05, 0.1) is 18.8 Å². The van der Waals surface area contributed by atoms with Crippen molar-refractivity contribution < 1.29 is 19.0 Å². The molecule has 0 unspecified atom stereocenters. The second kappa shape index (κ2) is 9.33. The fourth-order valence-electron chi connectivity index (χ4n) is 1.90. The van der Waals surface area contributed by atoms with Crippen LogP contribution in [0.5, 0.6) is 11.5 Å². The Kier molecular flexibility index (Phi) is 6.80. The van der Waals surface area contributed by atoms with Crippen LogP contribution in [0.25, 0.3) is 0 Å². The lowest BCUT2D eigenvalue weighted by Crippen LogP contribution is -2.12. The number of carbonyl (C=O) groups is 1. The Hall–Kier alpha value is -2.85. The predicted octanol–water partition coefficient (Wildman–Crippen LogP) is 4.28. The van der Waals surface area contributed by atoms with E-state index in [2.05, 4.69) is 13.2 Å². The molecule has 0 saturated carbocycles. The van der Waals surface area contributed by atoms with Gasteiger partial charge in [-0.2, -0.15) is 0 Å². The highest BCUT2D eigenvalue weighted by molar-refractivity contribution is 5.87. The molecule has 0 amide bonds. The molecule has 124 valence electrons. The van der Waals surface area contributed by atoms with Gasteiger partial charge in [0.1, 0.15) is 18.1 Å². The number of para-hydroxylation sites is 1. The molecule has 2 aromatic rings. The van der Waals surface area contributed by atoms with Gasteiger partial charge in [-0.3, -0.25) is 0 Å². The van der Waals surface area contributed by atoms with Crippen molar-refractivity contribution in [2.24, 2.45) is 0 Å². The molecule has 0 aliphatic rings. The van der Waals surface area contributed by atoms with E-state index in [1.54, 1.807) is 6.08 Å². The summed E-state index contributed by atoms with van der Waals surface area (Å²) in [4.78, 5) is 11.8. The van der Waals surface area contributed by atoms with Gasteiger partial charge in [0.15, 0.2) is 0 Å². The molecule has 0 radical (unpaired) electrons. The zero-order chi connectivity index (χ0) is 17.2. The van der Waals surface area contributed by atoms with E-state index in [0.717, 1.165) is 11.3 Å². The third-order valence-corrected chi connectivity index (χ3v) is 3.05. The van der Waals surface area contributed by atoms with Crippen LogP contribution in [0.2, 0.25) is 0 Å². The fourth-order valence-corrected chi connectivity index (χ4v) is 1.90.